The van der Waals surface area contributed by atoms with E-state index in [2.05, 4.69) is 20.3 Å². The Labute approximate surface area is 181 Å². The Morgan fingerprint density at radius 3 is 2.56 bits per heavy atom. The highest BCUT2D eigenvalue weighted by Crippen LogP contribution is 2.22. The lowest BCUT2D eigenvalue weighted by molar-refractivity contribution is -0.116. The number of H-pyrrole nitrogens is 2. The van der Waals surface area contributed by atoms with E-state index in [1.807, 2.05) is 37.3 Å². The molecule has 0 saturated carbocycles. The highest BCUT2D eigenvalue weighted by Gasteiger charge is 2.12. The molecule has 0 spiro atoms. The Kier molecular flexibility index (Phi) is 4.67. The van der Waals surface area contributed by atoms with E-state index in [1.165, 1.54) is 0 Å². The van der Waals surface area contributed by atoms with Crippen molar-refractivity contribution in [2.75, 3.05) is 5.32 Å². The zero-order chi connectivity index (χ0) is 22.2. The molecule has 5 rings (SSSR count). The lowest BCUT2D eigenvalue weighted by atomic mass is 10.2. The Balaban J connectivity index is 1.34. The number of hydrogen-bond donors (Lipinski definition) is 3. The summed E-state index contributed by atoms with van der Waals surface area (Å²) < 4.78 is 0.891. The van der Waals surface area contributed by atoms with Gasteiger partial charge in [0, 0.05) is 11.3 Å². The van der Waals surface area contributed by atoms with Crippen molar-refractivity contribution < 1.29 is 4.79 Å². The van der Waals surface area contributed by atoms with Crippen LogP contribution in [0.2, 0.25) is 0 Å². The van der Waals surface area contributed by atoms with Gasteiger partial charge in [0.25, 0.3) is 5.56 Å². The van der Waals surface area contributed by atoms with Crippen LogP contribution in [0.4, 0.5) is 5.69 Å². The fourth-order valence-electron chi connectivity index (χ4n) is 3.66. The second kappa shape index (κ2) is 7.66. The van der Waals surface area contributed by atoms with Crippen molar-refractivity contribution in [2.45, 2.75) is 13.5 Å². The Morgan fingerprint density at radius 2 is 1.75 bits per heavy atom. The number of aryl methyl sites for hydroxylation is 1. The fraction of sp³-hybridized carbons (Fsp3) is 0.0833. The topological polar surface area (TPSA) is 113 Å². The number of fused-ring (bicyclic) bond motifs is 2. The number of imidazole rings is 1. The predicted octanol–water partition coefficient (Wildman–Crippen LogP) is 3.18. The first-order chi connectivity index (χ1) is 15.5. The molecule has 0 aliphatic carbocycles. The van der Waals surface area contributed by atoms with Crippen molar-refractivity contribution in [2.24, 2.45) is 0 Å². The van der Waals surface area contributed by atoms with Gasteiger partial charge >= 0.3 is 5.69 Å². The summed E-state index contributed by atoms with van der Waals surface area (Å²) in [6, 6.07) is 19.9. The minimum atomic E-state index is -0.626. The number of aromatic nitrogens is 4. The average molecular weight is 425 g/mol. The smallest absolute Gasteiger partial charge is 0.329 e. The quantitative estimate of drug-likeness (QED) is 0.410. The van der Waals surface area contributed by atoms with Gasteiger partial charge in [-0.3, -0.25) is 14.2 Å². The van der Waals surface area contributed by atoms with Crippen LogP contribution in [-0.4, -0.2) is 25.4 Å². The van der Waals surface area contributed by atoms with E-state index in [9.17, 15) is 14.4 Å². The molecule has 158 valence electrons. The number of nitrogens with one attached hydrogen (secondary N) is 3. The molecule has 8 heteroatoms. The molecular formula is C24H19N5O3. The van der Waals surface area contributed by atoms with Gasteiger partial charge in [0.15, 0.2) is 0 Å². The van der Waals surface area contributed by atoms with Crippen LogP contribution in [0.3, 0.4) is 0 Å². The summed E-state index contributed by atoms with van der Waals surface area (Å²) in [5, 5.41) is 3.08. The first-order valence-corrected chi connectivity index (χ1v) is 10.1. The lowest BCUT2D eigenvalue weighted by Crippen LogP contribution is -2.38. The number of benzene rings is 3. The fourth-order valence-corrected chi connectivity index (χ4v) is 3.66. The molecule has 0 aliphatic heterocycles. The number of aromatic amines is 2. The van der Waals surface area contributed by atoms with Crippen LogP contribution in [0.15, 0.2) is 76.3 Å². The van der Waals surface area contributed by atoms with E-state index < -0.39 is 17.2 Å². The number of nitrogens with zero attached hydrogens (tertiary/aromatic N) is 2. The summed E-state index contributed by atoms with van der Waals surface area (Å²) >= 11 is 0. The van der Waals surface area contributed by atoms with Gasteiger partial charge in [0.2, 0.25) is 5.91 Å². The van der Waals surface area contributed by atoms with Crippen LogP contribution >= 0.6 is 0 Å². The van der Waals surface area contributed by atoms with Crippen molar-refractivity contribution >= 4 is 33.5 Å². The number of rotatable bonds is 4. The summed E-state index contributed by atoms with van der Waals surface area (Å²) in [5.41, 5.74) is 3.73. The second-order valence-electron chi connectivity index (χ2n) is 7.60. The van der Waals surface area contributed by atoms with E-state index in [0.717, 1.165) is 32.6 Å². The molecule has 0 bridgehead atoms. The molecule has 0 fully saturated rings. The Morgan fingerprint density at radius 1 is 0.969 bits per heavy atom. The molecule has 0 atom stereocenters. The molecule has 32 heavy (non-hydrogen) atoms. The van der Waals surface area contributed by atoms with Crippen LogP contribution in [0.1, 0.15) is 5.56 Å². The predicted molar refractivity (Wildman–Crippen MR) is 124 cm³/mol. The SMILES string of the molecule is Cc1ccc2nc(-c3ccc(NC(=O)Cn4c(=O)[nH]c5ccccc5c4=O)cc3)[nH]c2c1. The van der Waals surface area contributed by atoms with E-state index in [0.29, 0.717) is 16.6 Å². The molecule has 0 saturated heterocycles. The summed E-state index contributed by atoms with van der Waals surface area (Å²) in [4.78, 5) is 47.8. The number of amides is 1. The van der Waals surface area contributed by atoms with Gasteiger partial charge < -0.3 is 15.3 Å². The third-order valence-corrected chi connectivity index (χ3v) is 5.27. The van der Waals surface area contributed by atoms with E-state index in [1.54, 1.807) is 36.4 Å². The van der Waals surface area contributed by atoms with E-state index >= 15 is 0 Å². The van der Waals surface area contributed by atoms with Crippen LogP contribution in [0, 0.1) is 6.92 Å². The van der Waals surface area contributed by atoms with Crippen molar-refractivity contribution in [3.05, 3.63) is 93.1 Å². The first-order valence-electron chi connectivity index (χ1n) is 10.1. The summed E-state index contributed by atoms with van der Waals surface area (Å²) in [5.74, 6) is 0.262. The number of hydrogen-bond acceptors (Lipinski definition) is 4. The summed E-state index contributed by atoms with van der Waals surface area (Å²) in [6.45, 7) is 1.64. The van der Waals surface area contributed by atoms with Gasteiger partial charge in [0.1, 0.15) is 12.4 Å². The molecule has 8 nitrogen and oxygen atoms in total. The number of anilines is 1. The number of carbonyl (C=O) groups excluding carboxylic acids is 1. The van der Waals surface area contributed by atoms with Gasteiger partial charge in [-0.25, -0.2) is 9.78 Å². The van der Waals surface area contributed by atoms with Crippen LogP contribution in [0.25, 0.3) is 33.3 Å². The molecule has 1 amide bonds. The molecule has 0 aliphatic rings. The number of carbonyl (C=O) groups is 1. The maximum atomic E-state index is 12.6. The minimum absolute atomic E-state index is 0.352. The zero-order valence-electron chi connectivity index (χ0n) is 17.2. The molecule has 2 aromatic heterocycles. The highest BCUT2D eigenvalue weighted by molar-refractivity contribution is 5.91. The maximum Gasteiger partial charge on any atom is 0.329 e. The minimum Gasteiger partial charge on any atom is -0.338 e. The third-order valence-electron chi connectivity index (χ3n) is 5.27. The molecule has 0 unspecified atom stereocenters. The van der Waals surface area contributed by atoms with E-state index in [-0.39, 0.29) is 6.54 Å². The lowest BCUT2D eigenvalue weighted by Gasteiger charge is -2.08. The Hall–Kier alpha value is -4.46. The molecule has 5 aromatic rings. The maximum absolute atomic E-state index is 12.6. The van der Waals surface area contributed by atoms with Crippen molar-refractivity contribution in [3.8, 4) is 11.4 Å². The molecule has 0 radical (unpaired) electrons. The molecular weight excluding hydrogens is 406 g/mol. The summed E-state index contributed by atoms with van der Waals surface area (Å²) in [7, 11) is 0. The number of para-hydroxylation sites is 1. The van der Waals surface area contributed by atoms with Crippen molar-refractivity contribution in [1.82, 2.24) is 19.5 Å². The Bertz CT molecular complexity index is 1590. The molecule has 3 aromatic carbocycles. The third kappa shape index (κ3) is 3.58. The van der Waals surface area contributed by atoms with Crippen LogP contribution in [0.5, 0.6) is 0 Å². The van der Waals surface area contributed by atoms with Crippen molar-refractivity contribution in [3.63, 3.8) is 0 Å². The first kappa shape index (κ1) is 19.5. The van der Waals surface area contributed by atoms with Gasteiger partial charge in [-0.2, -0.15) is 0 Å². The van der Waals surface area contributed by atoms with Gasteiger partial charge in [0.05, 0.1) is 21.9 Å². The summed E-state index contributed by atoms with van der Waals surface area (Å²) in [6.07, 6.45) is 0. The van der Waals surface area contributed by atoms with E-state index in [4.69, 9.17) is 0 Å². The highest BCUT2D eigenvalue weighted by atomic mass is 16.2. The van der Waals surface area contributed by atoms with Gasteiger partial charge in [-0.05, 0) is 61.0 Å². The second-order valence-corrected chi connectivity index (χ2v) is 7.60. The van der Waals surface area contributed by atoms with Gasteiger partial charge in [-0.1, -0.05) is 18.2 Å². The monoisotopic (exact) mass is 425 g/mol. The normalized spacial score (nSPS) is 11.2. The average Bonchev–Trinajstić information content (AvgIpc) is 3.20. The zero-order valence-corrected chi connectivity index (χ0v) is 17.2. The largest absolute Gasteiger partial charge is 0.338 e. The van der Waals surface area contributed by atoms with Crippen LogP contribution < -0.4 is 16.6 Å². The molecule has 3 N–H and O–H groups in total. The van der Waals surface area contributed by atoms with Gasteiger partial charge in [-0.15, -0.1) is 0 Å². The molecule has 2 heterocycles. The standard InChI is InChI=1S/C24H19N5O3/c1-14-6-11-19-20(12-14)27-22(26-19)15-7-9-16(10-8-15)25-21(30)13-29-23(31)17-4-2-3-5-18(17)28-24(29)32/h2-12H,13H2,1H3,(H,25,30)(H,26,27)(H,28,32). The van der Waals surface area contributed by atoms with Crippen molar-refractivity contribution in [1.29, 1.82) is 0 Å². The van der Waals surface area contributed by atoms with Crippen LogP contribution in [-0.2, 0) is 11.3 Å².